The third-order valence-corrected chi connectivity index (χ3v) is 3.30. The zero-order valence-electron chi connectivity index (χ0n) is 9.28. The number of hydrogen-bond acceptors (Lipinski definition) is 2. The standard InChI is InChI=1S/C11H22N2/c1-8(12)11(4)6-9(13)5-10(2,3)7-11/h9,12H,5-7,13H2,1-4H3. The molecule has 0 saturated heterocycles. The van der Waals surface area contributed by atoms with Crippen molar-refractivity contribution in [3.05, 3.63) is 0 Å². The highest BCUT2D eigenvalue weighted by molar-refractivity contribution is 5.84. The van der Waals surface area contributed by atoms with E-state index in [2.05, 4.69) is 20.8 Å². The van der Waals surface area contributed by atoms with Gasteiger partial charge in [0.25, 0.3) is 0 Å². The third-order valence-electron chi connectivity index (χ3n) is 3.30. The molecule has 2 atom stereocenters. The Kier molecular flexibility index (Phi) is 2.54. The van der Waals surface area contributed by atoms with Crippen LogP contribution in [0.4, 0.5) is 0 Å². The molecule has 0 spiro atoms. The first kappa shape index (κ1) is 10.7. The summed E-state index contributed by atoms with van der Waals surface area (Å²) in [4.78, 5) is 0. The maximum absolute atomic E-state index is 7.80. The highest BCUT2D eigenvalue weighted by atomic mass is 14.7. The van der Waals surface area contributed by atoms with Crippen molar-refractivity contribution in [2.24, 2.45) is 16.6 Å². The molecule has 0 bridgehead atoms. The van der Waals surface area contributed by atoms with Gasteiger partial charge in [0.05, 0.1) is 0 Å². The number of nitrogens with two attached hydrogens (primary N) is 1. The SMILES string of the molecule is CC(=N)C1(C)CC(N)CC(C)(C)C1. The fourth-order valence-corrected chi connectivity index (χ4v) is 2.85. The maximum atomic E-state index is 7.80. The van der Waals surface area contributed by atoms with Gasteiger partial charge >= 0.3 is 0 Å². The van der Waals surface area contributed by atoms with Gasteiger partial charge < -0.3 is 11.1 Å². The largest absolute Gasteiger partial charge is 0.328 e. The molecule has 1 fully saturated rings. The van der Waals surface area contributed by atoms with Crippen LogP contribution in [0.3, 0.4) is 0 Å². The zero-order chi connectivity index (χ0) is 10.3. The van der Waals surface area contributed by atoms with Crippen LogP contribution in [-0.2, 0) is 0 Å². The lowest BCUT2D eigenvalue weighted by atomic mass is 9.61. The Bertz CT molecular complexity index is 220. The summed E-state index contributed by atoms with van der Waals surface area (Å²) in [6.45, 7) is 8.60. The van der Waals surface area contributed by atoms with Crippen LogP contribution in [0.2, 0.25) is 0 Å². The van der Waals surface area contributed by atoms with E-state index >= 15 is 0 Å². The number of nitrogens with one attached hydrogen (secondary N) is 1. The van der Waals surface area contributed by atoms with Crippen LogP contribution in [0.15, 0.2) is 0 Å². The van der Waals surface area contributed by atoms with Gasteiger partial charge in [0.15, 0.2) is 0 Å². The molecule has 1 aliphatic carbocycles. The normalized spacial score (nSPS) is 38.7. The molecular formula is C11H22N2. The van der Waals surface area contributed by atoms with E-state index in [1.165, 1.54) is 0 Å². The van der Waals surface area contributed by atoms with Crippen molar-refractivity contribution in [3.8, 4) is 0 Å². The van der Waals surface area contributed by atoms with E-state index < -0.39 is 0 Å². The second-order valence-corrected chi connectivity index (χ2v) is 5.69. The van der Waals surface area contributed by atoms with Gasteiger partial charge in [-0.1, -0.05) is 20.8 Å². The van der Waals surface area contributed by atoms with Crippen LogP contribution in [0, 0.1) is 16.2 Å². The van der Waals surface area contributed by atoms with Crippen molar-refractivity contribution in [2.45, 2.75) is 53.0 Å². The summed E-state index contributed by atoms with van der Waals surface area (Å²) >= 11 is 0. The van der Waals surface area contributed by atoms with E-state index in [-0.39, 0.29) is 11.5 Å². The zero-order valence-corrected chi connectivity index (χ0v) is 9.28. The van der Waals surface area contributed by atoms with Gasteiger partial charge in [0, 0.05) is 17.2 Å². The average Bonchev–Trinajstić information content (AvgIpc) is 1.79. The van der Waals surface area contributed by atoms with Crippen molar-refractivity contribution in [2.75, 3.05) is 0 Å². The van der Waals surface area contributed by atoms with Crippen LogP contribution in [-0.4, -0.2) is 11.8 Å². The fraction of sp³-hybridized carbons (Fsp3) is 0.909. The van der Waals surface area contributed by atoms with E-state index in [1.807, 2.05) is 6.92 Å². The smallest absolute Gasteiger partial charge is 0.0118 e. The lowest BCUT2D eigenvalue weighted by Crippen LogP contribution is -2.45. The van der Waals surface area contributed by atoms with Crippen molar-refractivity contribution in [1.82, 2.24) is 0 Å². The van der Waals surface area contributed by atoms with Crippen LogP contribution in [0.25, 0.3) is 0 Å². The minimum Gasteiger partial charge on any atom is -0.328 e. The van der Waals surface area contributed by atoms with Gasteiger partial charge in [-0.2, -0.15) is 0 Å². The Morgan fingerprint density at radius 2 is 1.85 bits per heavy atom. The molecule has 76 valence electrons. The summed E-state index contributed by atoms with van der Waals surface area (Å²) in [5.74, 6) is 0. The highest BCUT2D eigenvalue weighted by Crippen LogP contribution is 2.45. The van der Waals surface area contributed by atoms with Crippen LogP contribution in [0.5, 0.6) is 0 Å². The first-order valence-corrected chi connectivity index (χ1v) is 5.06. The molecule has 0 radical (unpaired) electrons. The minimum atomic E-state index is 0.0428. The molecule has 1 aliphatic rings. The summed E-state index contributed by atoms with van der Waals surface area (Å²) in [5, 5.41) is 7.80. The van der Waals surface area contributed by atoms with Crippen molar-refractivity contribution >= 4 is 5.71 Å². The minimum absolute atomic E-state index is 0.0428. The van der Waals surface area contributed by atoms with E-state index in [0.29, 0.717) is 5.41 Å². The Morgan fingerprint density at radius 1 is 1.31 bits per heavy atom. The Labute approximate surface area is 81.4 Å². The molecule has 2 unspecified atom stereocenters. The summed E-state index contributed by atoms with van der Waals surface area (Å²) < 4.78 is 0. The monoisotopic (exact) mass is 182 g/mol. The second kappa shape index (κ2) is 3.09. The molecule has 0 heterocycles. The molecule has 1 rings (SSSR count). The molecule has 3 N–H and O–H groups in total. The first-order chi connectivity index (χ1) is 5.75. The maximum Gasteiger partial charge on any atom is 0.0118 e. The quantitative estimate of drug-likeness (QED) is 0.602. The molecular weight excluding hydrogens is 160 g/mol. The lowest BCUT2D eigenvalue weighted by Gasteiger charge is -2.45. The lowest BCUT2D eigenvalue weighted by molar-refractivity contribution is 0.133. The summed E-state index contributed by atoms with van der Waals surface area (Å²) in [7, 11) is 0. The van der Waals surface area contributed by atoms with Crippen molar-refractivity contribution in [3.63, 3.8) is 0 Å². The Hall–Kier alpha value is -0.370. The average molecular weight is 182 g/mol. The number of rotatable bonds is 1. The Balaban J connectivity index is 2.84. The van der Waals surface area contributed by atoms with Gasteiger partial charge in [0.2, 0.25) is 0 Å². The van der Waals surface area contributed by atoms with Crippen molar-refractivity contribution < 1.29 is 0 Å². The predicted octanol–water partition coefficient (Wildman–Crippen LogP) is 2.57. The fourth-order valence-electron chi connectivity index (χ4n) is 2.85. The van der Waals surface area contributed by atoms with E-state index in [0.717, 1.165) is 25.0 Å². The van der Waals surface area contributed by atoms with Crippen molar-refractivity contribution in [1.29, 1.82) is 5.41 Å². The van der Waals surface area contributed by atoms with Crippen LogP contribution < -0.4 is 5.73 Å². The summed E-state index contributed by atoms with van der Waals surface area (Å²) in [5.41, 5.74) is 7.16. The van der Waals surface area contributed by atoms with Gasteiger partial charge in [-0.3, -0.25) is 0 Å². The molecule has 0 amide bonds. The molecule has 0 aromatic carbocycles. The van der Waals surface area contributed by atoms with Crippen LogP contribution >= 0.6 is 0 Å². The molecule has 0 aliphatic heterocycles. The van der Waals surface area contributed by atoms with Gasteiger partial charge in [-0.15, -0.1) is 0 Å². The predicted molar refractivity (Wildman–Crippen MR) is 57.1 cm³/mol. The van der Waals surface area contributed by atoms with E-state index in [9.17, 15) is 0 Å². The molecule has 13 heavy (non-hydrogen) atoms. The molecule has 2 heteroatoms. The molecule has 0 aromatic rings. The topological polar surface area (TPSA) is 49.9 Å². The molecule has 1 saturated carbocycles. The third kappa shape index (κ3) is 2.31. The van der Waals surface area contributed by atoms with Gasteiger partial charge in [-0.05, 0) is 31.6 Å². The van der Waals surface area contributed by atoms with E-state index in [4.69, 9.17) is 11.1 Å². The summed E-state index contributed by atoms with van der Waals surface area (Å²) in [6.07, 6.45) is 3.17. The highest BCUT2D eigenvalue weighted by Gasteiger charge is 2.41. The number of hydrogen-bond donors (Lipinski definition) is 2. The van der Waals surface area contributed by atoms with E-state index in [1.54, 1.807) is 0 Å². The second-order valence-electron chi connectivity index (χ2n) is 5.69. The molecule has 0 aromatic heterocycles. The van der Waals surface area contributed by atoms with Gasteiger partial charge in [-0.25, -0.2) is 0 Å². The summed E-state index contributed by atoms with van der Waals surface area (Å²) in [6, 6.07) is 0.272. The molecule has 2 nitrogen and oxygen atoms in total. The first-order valence-electron chi connectivity index (χ1n) is 5.06. The van der Waals surface area contributed by atoms with Gasteiger partial charge in [0.1, 0.15) is 0 Å². The van der Waals surface area contributed by atoms with Crippen LogP contribution in [0.1, 0.15) is 47.0 Å². The Morgan fingerprint density at radius 3 is 2.23 bits per heavy atom.